The summed E-state index contributed by atoms with van der Waals surface area (Å²) in [5.74, 6) is 1.99. The van der Waals surface area contributed by atoms with Gasteiger partial charge in [-0.05, 0) is 37.5 Å². The monoisotopic (exact) mass is 326 g/mol. The normalized spacial score (nSPS) is 26.7. The minimum Gasteiger partial charge on any atom is -0.492 e. The van der Waals surface area contributed by atoms with Crippen molar-refractivity contribution in [2.75, 3.05) is 31.2 Å². The van der Waals surface area contributed by atoms with Crippen molar-refractivity contribution in [2.24, 2.45) is 5.92 Å². The van der Waals surface area contributed by atoms with Gasteiger partial charge in [0.2, 0.25) is 5.95 Å². The Morgan fingerprint density at radius 3 is 3.00 bits per heavy atom. The van der Waals surface area contributed by atoms with Gasteiger partial charge in [0.1, 0.15) is 5.75 Å². The summed E-state index contributed by atoms with van der Waals surface area (Å²) in [7, 11) is 0. The Labute approximate surface area is 141 Å². The second-order valence-electron chi connectivity index (χ2n) is 6.47. The average molecular weight is 326 g/mol. The van der Waals surface area contributed by atoms with Gasteiger partial charge in [-0.2, -0.15) is 0 Å². The van der Waals surface area contributed by atoms with E-state index in [9.17, 15) is 0 Å². The van der Waals surface area contributed by atoms with Crippen LogP contribution in [0.3, 0.4) is 0 Å². The predicted octanol–water partition coefficient (Wildman–Crippen LogP) is 2.33. The molecular formula is C18H22N4O2. The second kappa shape index (κ2) is 6.73. The van der Waals surface area contributed by atoms with Gasteiger partial charge in [-0.15, -0.1) is 0 Å². The van der Waals surface area contributed by atoms with E-state index in [0.29, 0.717) is 19.1 Å². The summed E-state index contributed by atoms with van der Waals surface area (Å²) >= 11 is 0. The number of ether oxygens (including phenoxy) is 2. The second-order valence-corrected chi connectivity index (χ2v) is 6.47. The molecule has 1 saturated carbocycles. The first-order chi connectivity index (χ1) is 11.9. The zero-order chi connectivity index (χ0) is 16.2. The lowest BCUT2D eigenvalue weighted by Crippen LogP contribution is -2.55. The lowest BCUT2D eigenvalue weighted by Gasteiger charge is -2.43. The molecular weight excluding hydrogens is 304 g/mol. The number of morpholine rings is 1. The summed E-state index contributed by atoms with van der Waals surface area (Å²) in [5, 5.41) is 0. The number of pyridine rings is 1. The maximum absolute atomic E-state index is 6.29. The SMILES string of the molecule is c1cnc(N2CCO[C@@]3(CCC[C@@H]3COc3cccnc3)C2)nc1. The number of rotatable bonds is 4. The molecule has 126 valence electrons. The summed E-state index contributed by atoms with van der Waals surface area (Å²) in [6.07, 6.45) is 10.5. The minimum absolute atomic E-state index is 0.153. The van der Waals surface area contributed by atoms with Gasteiger partial charge in [0.15, 0.2) is 0 Å². The van der Waals surface area contributed by atoms with E-state index < -0.39 is 0 Å². The van der Waals surface area contributed by atoms with E-state index in [4.69, 9.17) is 9.47 Å². The molecule has 2 fully saturated rings. The molecule has 0 radical (unpaired) electrons. The fourth-order valence-corrected chi connectivity index (χ4v) is 3.81. The number of nitrogens with zero attached hydrogens (tertiary/aromatic N) is 4. The summed E-state index contributed by atoms with van der Waals surface area (Å²) in [4.78, 5) is 15.1. The molecule has 0 aromatic carbocycles. The van der Waals surface area contributed by atoms with Crippen molar-refractivity contribution in [1.29, 1.82) is 0 Å². The van der Waals surface area contributed by atoms with Gasteiger partial charge in [-0.1, -0.05) is 0 Å². The maximum Gasteiger partial charge on any atom is 0.225 e. The Morgan fingerprint density at radius 1 is 1.25 bits per heavy atom. The van der Waals surface area contributed by atoms with Crippen molar-refractivity contribution < 1.29 is 9.47 Å². The summed E-state index contributed by atoms with van der Waals surface area (Å²) < 4.78 is 12.3. The van der Waals surface area contributed by atoms with Crippen molar-refractivity contribution in [2.45, 2.75) is 24.9 Å². The smallest absolute Gasteiger partial charge is 0.225 e. The van der Waals surface area contributed by atoms with Gasteiger partial charge in [-0.25, -0.2) is 9.97 Å². The quantitative estimate of drug-likeness (QED) is 0.859. The van der Waals surface area contributed by atoms with E-state index in [2.05, 4.69) is 19.9 Å². The third kappa shape index (κ3) is 3.06. The van der Waals surface area contributed by atoms with Gasteiger partial charge in [-0.3, -0.25) is 4.98 Å². The van der Waals surface area contributed by atoms with Crippen LogP contribution in [0.25, 0.3) is 0 Å². The highest BCUT2D eigenvalue weighted by molar-refractivity contribution is 5.31. The van der Waals surface area contributed by atoms with Crippen LogP contribution in [0.4, 0.5) is 5.95 Å². The fourth-order valence-electron chi connectivity index (χ4n) is 3.81. The zero-order valence-corrected chi connectivity index (χ0v) is 13.7. The lowest BCUT2D eigenvalue weighted by atomic mass is 9.89. The molecule has 6 nitrogen and oxygen atoms in total. The van der Waals surface area contributed by atoms with Gasteiger partial charge in [0.05, 0.1) is 31.6 Å². The molecule has 2 aliphatic rings. The number of anilines is 1. The van der Waals surface area contributed by atoms with Gasteiger partial charge < -0.3 is 14.4 Å². The van der Waals surface area contributed by atoms with Crippen LogP contribution in [-0.2, 0) is 4.74 Å². The van der Waals surface area contributed by atoms with E-state index in [1.165, 1.54) is 6.42 Å². The lowest BCUT2D eigenvalue weighted by molar-refractivity contribution is -0.0897. The minimum atomic E-state index is -0.153. The molecule has 6 heteroatoms. The number of hydrogen-bond donors (Lipinski definition) is 0. The first-order valence-electron chi connectivity index (χ1n) is 8.54. The Morgan fingerprint density at radius 2 is 2.17 bits per heavy atom. The molecule has 24 heavy (non-hydrogen) atoms. The van der Waals surface area contributed by atoms with Crippen LogP contribution in [-0.4, -0.2) is 46.9 Å². The van der Waals surface area contributed by atoms with E-state index in [-0.39, 0.29) is 5.60 Å². The third-order valence-corrected chi connectivity index (χ3v) is 5.03. The topological polar surface area (TPSA) is 60.4 Å². The molecule has 2 aromatic heterocycles. The van der Waals surface area contributed by atoms with E-state index in [1.807, 2.05) is 18.2 Å². The highest BCUT2D eigenvalue weighted by atomic mass is 16.5. The van der Waals surface area contributed by atoms with Crippen LogP contribution >= 0.6 is 0 Å². The van der Waals surface area contributed by atoms with Crippen molar-refractivity contribution >= 4 is 5.95 Å². The van der Waals surface area contributed by atoms with Gasteiger partial charge in [0.25, 0.3) is 0 Å². The average Bonchev–Trinajstić information content (AvgIpc) is 3.03. The van der Waals surface area contributed by atoms with E-state index in [0.717, 1.165) is 37.6 Å². The van der Waals surface area contributed by atoms with Crippen molar-refractivity contribution in [3.05, 3.63) is 43.0 Å². The number of hydrogen-bond acceptors (Lipinski definition) is 6. The van der Waals surface area contributed by atoms with Crippen LogP contribution < -0.4 is 9.64 Å². The molecule has 0 unspecified atom stereocenters. The Balaban J connectivity index is 1.46. The highest BCUT2D eigenvalue weighted by Crippen LogP contribution is 2.41. The van der Waals surface area contributed by atoms with Crippen LogP contribution in [0.5, 0.6) is 5.75 Å². The molecule has 0 bridgehead atoms. The van der Waals surface area contributed by atoms with Crippen LogP contribution in [0.15, 0.2) is 43.0 Å². The molecule has 1 spiro atoms. The molecule has 2 aromatic rings. The fraction of sp³-hybridized carbons (Fsp3) is 0.500. The van der Waals surface area contributed by atoms with Crippen LogP contribution in [0.2, 0.25) is 0 Å². The molecule has 4 rings (SSSR count). The first kappa shape index (κ1) is 15.3. The molecule has 1 aliphatic carbocycles. The summed E-state index contributed by atoms with van der Waals surface area (Å²) in [6.45, 7) is 3.04. The van der Waals surface area contributed by atoms with E-state index >= 15 is 0 Å². The molecule has 0 N–H and O–H groups in total. The Hall–Kier alpha value is -2.21. The molecule has 3 heterocycles. The molecule has 1 aliphatic heterocycles. The summed E-state index contributed by atoms with van der Waals surface area (Å²) in [6, 6.07) is 5.69. The summed E-state index contributed by atoms with van der Waals surface area (Å²) in [5.41, 5.74) is -0.153. The van der Waals surface area contributed by atoms with Crippen molar-refractivity contribution in [3.8, 4) is 5.75 Å². The van der Waals surface area contributed by atoms with Crippen LogP contribution in [0.1, 0.15) is 19.3 Å². The van der Waals surface area contributed by atoms with E-state index in [1.54, 1.807) is 24.8 Å². The standard InChI is InChI=1S/C18H22N4O2/c1-4-15(13-23-16-5-2-7-19-12-16)18(6-1)14-22(10-11-24-18)17-20-8-3-9-21-17/h2-3,5,7-9,12,15H,1,4,6,10-11,13-14H2/t15-,18+/m1/s1. The zero-order valence-electron chi connectivity index (χ0n) is 13.7. The third-order valence-electron chi connectivity index (χ3n) is 5.03. The largest absolute Gasteiger partial charge is 0.492 e. The van der Waals surface area contributed by atoms with Gasteiger partial charge in [0, 0.05) is 31.1 Å². The Kier molecular flexibility index (Phi) is 4.30. The predicted molar refractivity (Wildman–Crippen MR) is 90.0 cm³/mol. The van der Waals surface area contributed by atoms with Crippen LogP contribution in [0, 0.1) is 5.92 Å². The van der Waals surface area contributed by atoms with Crippen molar-refractivity contribution in [3.63, 3.8) is 0 Å². The molecule has 0 amide bonds. The maximum atomic E-state index is 6.29. The highest BCUT2D eigenvalue weighted by Gasteiger charge is 2.47. The molecule has 2 atom stereocenters. The Bertz CT molecular complexity index is 655. The van der Waals surface area contributed by atoms with Crippen molar-refractivity contribution in [1.82, 2.24) is 15.0 Å². The number of aromatic nitrogens is 3. The van der Waals surface area contributed by atoms with Gasteiger partial charge >= 0.3 is 0 Å². The first-order valence-corrected chi connectivity index (χ1v) is 8.54. The molecule has 1 saturated heterocycles.